The fourth-order valence-electron chi connectivity index (χ4n) is 2.99. The first-order valence-electron chi connectivity index (χ1n) is 7.98. The van der Waals surface area contributed by atoms with Crippen molar-refractivity contribution in [2.24, 2.45) is 7.05 Å². The van der Waals surface area contributed by atoms with Crippen LogP contribution in [-0.4, -0.2) is 15.9 Å². The molecule has 0 saturated heterocycles. The molecule has 1 aromatic carbocycles. The summed E-state index contributed by atoms with van der Waals surface area (Å²) in [6.45, 7) is 6.36. The maximum Gasteiger partial charge on any atom is 0.882 e. The summed E-state index contributed by atoms with van der Waals surface area (Å²) in [5, 5.41) is 1.18. The molecule has 0 fully saturated rings. The van der Waals surface area contributed by atoms with E-state index in [1.165, 1.54) is 22.2 Å². The molecule has 0 atom stereocenters. The zero-order chi connectivity index (χ0) is 16.4. The van der Waals surface area contributed by atoms with E-state index in [0.29, 0.717) is 0 Å². The molecule has 0 amide bonds. The predicted octanol–water partition coefficient (Wildman–Crippen LogP) is 3.92. The van der Waals surface area contributed by atoms with Crippen LogP contribution in [0.1, 0.15) is 32.4 Å². The lowest BCUT2D eigenvalue weighted by atomic mass is 10.00. The second kappa shape index (κ2) is 6.78. The average Bonchev–Trinajstić information content (AvgIpc) is 2.54. The number of rotatable bonds is 4. The van der Waals surface area contributed by atoms with Gasteiger partial charge in [0.1, 0.15) is 7.05 Å². The van der Waals surface area contributed by atoms with E-state index in [1.54, 1.807) is 0 Å². The summed E-state index contributed by atoms with van der Waals surface area (Å²) in [5.41, 5.74) is 4.86. The molecular weight excluding hydrogens is 301 g/mol. The van der Waals surface area contributed by atoms with Gasteiger partial charge in [-0.3, -0.25) is 0 Å². The van der Waals surface area contributed by atoms with Gasteiger partial charge in [0.05, 0.1) is 11.1 Å². The van der Waals surface area contributed by atoms with Gasteiger partial charge in [-0.1, -0.05) is 12.1 Å². The fourth-order valence-corrected chi connectivity index (χ4v) is 3.82. The third kappa shape index (κ3) is 3.29. The van der Waals surface area contributed by atoms with Crippen molar-refractivity contribution >= 4 is 26.8 Å². The van der Waals surface area contributed by atoms with Gasteiger partial charge in [-0.25, -0.2) is 0 Å². The van der Waals surface area contributed by atoms with E-state index in [9.17, 15) is 0 Å². The van der Waals surface area contributed by atoms with Gasteiger partial charge in [-0.15, -0.1) is 0 Å². The highest BCUT2D eigenvalue weighted by Gasteiger charge is 2.18. The third-order valence-corrected chi connectivity index (χ3v) is 5.14. The summed E-state index contributed by atoms with van der Waals surface area (Å²) in [4.78, 5) is 0. The summed E-state index contributed by atoms with van der Waals surface area (Å²) >= 11 is -0.584. The second-order valence-electron chi connectivity index (χ2n) is 6.09. The van der Waals surface area contributed by atoms with Crippen molar-refractivity contribution < 1.29 is 12.1 Å². The van der Waals surface area contributed by atoms with Gasteiger partial charge >= 0.3 is 15.9 Å². The molecule has 0 aliphatic heterocycles. The summed E-state index contributed by atoms with van der Waals surface area (Å²) in [6.07, 6.45) is 4.43. The van der Waals surface area contributed by atoms with Crippen LogP contribution in [-0.2, 0) is 10.8 Å². The van der Waals surface area contributed by atoms with Crippen molar-refractivity contribution in [2.75, 3.05) is 0 Å². The van der Waals surface area contributed by atoms with Crippen molar-refractivity contribution in [3.8, 4) is 5.75 Å². The maximum absolute atomic E-state index is 6.03. The summed E-state index contributed by atoms with van der Waals surface area (Å²) in [5.74, 6) is 1.91. The Morgan fingerprint density at radius 2 is 1.87 bits per heavy atom. The highest BCUT2D eigenvalue weighted by atomic mass is 27.2. The lowest BCUT2D eigenvalue weighted by molar-refractivity contribution is -0.651. The van der Waals surface area contributed by atoms with Crippen LogP contribution in [0.5, 0.6) is 5.75 Å². The SMILES string of the molecule is CC1=CCCC(C)=C1[O][Al][O]c1cccc2ccc(C)[n+](C)c12. The van der Waals surface area contributed by atoms with Crippen molar-refractivity contribution in [3.05, 3.63) is 59.0 Å². The molecule has 4 heteroatoms. The Morgan fingerprint density at radius 1 is 1.04 bits per heavy atom. The summed E-state index contributed by atoms with van der Waals surface area (Å²) in [7, 11) is 2.07. The third-order valence-electron chi connectivity index (χ3n) is 4.46. The average molecular weight is 323 g/mol. The van der Waals surface area contributed by atoms with E-state index in [2.05, 4.69) is 56.7 Å². The molecule has 1 aliphatic carbocycles. The molecule has 0 saturated carbocycles. The van der Waals surface area contributed by atoms with Crippen LogP contribution in [0.3, 0.4) is 0 Å². The van der Waals surface area contributed by atoms with Gasteiger partial charge in [-0.05, 0) is 56.0 Å². The molecule has 0 N–H and O–H groups in total. The number of aryl methyl sites for hydroxylation is 2. The van der Waals surface area contributed by atoms with E-state index in [0.717, 1.165) is 29.9 Å². The van der Waals surface area contributed by atoms with Crippen LogP contribution >= 0.6 is 0 Å². The van der Waals surface area contributed by atoms with E-state index >= 15 is 0 Å². The number of hydrogen-bond donors (Lipinski definition) is 0. The Hall–Kier alpha value is -1.76. The molecule has 0 unspecified atom stereocenters. The molecule has 2 aromatic rings. The van der Waals surface area contributed by atoms with Gasteiger partial charge in [0.25, 0.3) is 5.52 Å². The second-order valence-corrected chi connectivity index (χ2v) is 6.76. The number of aromatic nitrogens is 1. The van der Waals surface area contributed by atoms with Gasteiger partial charge in [0.15, 0.2) is 11.4 Å². The molecule has 0 spiro atoms. The van der Waals surface area contributed by atoms with Crippen LogP contribution in [0.2, 0.25) is 0 Å². The minimum absolute atomic E-state index is 0.584. The molecular formula is C19H22AlNO2+. The molecule has 117 valence electrons. The lowest BCUT2D eigenvalue weighted by Crippen LogP contribution is -2.33. The number of benzene rings is 1. The van der Waals surface area contributed by atoms with Crippen molar-refractivity contribution in [1.82, 2.24) is 0 Å². The van der Waals surface area contributed by atoms with Gasteiger partial charge < -0.3 is 7.58 Å². The molecule has 1 heterocycles. The fraction of sp³-hybridized carbons (Fsp3) is 0.316. The molecule has 1 radical (unpaired) electrons. The van der Waals surface area contributed by atoms with Crippen LogP contribution in [0.25, 0.3) is 10.9 Å². The van der Waals surface area contributed by atoms with Gasteiger partial charge in [0.2, 0.25) is 0 Å². The molecule has 23 heavy (non-hydrogen) atoms. The molecule has 3 nitrogen and oxygen atoms in total. The number of hydrogen-bond acceptors (Lipinski definition) is 2. The van der Waals surface area contributed by atoms with Crippen molar-refractivity contribution in [2.45, 2.75) is 33.6 Å². The number of para-hydroxylation sites is 1. The van der Waals surface area contributed by atoms with Crippen molar-refractivity contribution in [3.63, 3.8) is 0 Å². The predicted molar refractivity (Wildman–Crippen MR) is 93.0 cm³/mol. The van der Waals surface area contributed by atoms with E-state index in [4.69, 9.17) is 7.58 Å². The molecule has 3 rings (SSSR count). The summed E-state index contributed by atoms with van der Waals surface area (Å²) in [6, 6.07) is 10.4. The first-order chi connectivity index (χ1) is 11.1. The number of fused-ring (bicyclic) bond motifs is 1. The first kappa shape index (κ1) is 16.1. The first-order valence-corrected chi connectivity index (χ1v) is 8.92. The Balaban J connectivity index is 1.80. The number of pyridine rings is 1. The Kier molecular flexibility index (Phi) is 4.75. The Morgan fingerprint density at radius 3 is 2.65 bits per heavy atom. The minimum Gasteiger partial charge on any atom is -0.616 e. The standard InChI is InChI=1S/C11H11NO.C8H12O.Al/c1-8-6-7-9-4-3-5-10(13)11(9)12(8)2;1-6-4-3-5-7(2)8(6)9;/h3-7H,1-2H3;4,9H,3,5H2,1-2H3;/q;;+2/p-1. The number of allylic oxidation sites excluding steroid dienone is 3. The van der Waals surface area contributed by atoms with Crippen LogP contribution in [0.4, 0.5) is 0 Å². The van der Waals surface area contributed by atoms with Crippen LogP contribution in [0, 0.1) is 6.92 Å². The van der Waals surface area contributed by atoms with Crippen LogP contribution < -0.4 is 8.36 Å². The quantitative estimate of drug-likeness (QED) is 0.628. The zero-order valence-electron chi connectivity index (χ0n) is 14.2. The lowest BCUT2D eigenvalue weighted by Gasteiger charge is -2.19. The smallest absolute Gasteiger partial charge is 0.616 e. The largest absolute Gasteiger partial charge is 0.882 e. The molecule has 1 aromatic heterocycles. The van der Waals surface area contributed by atoms with Gasteiger partial charge in [-0.2, -0.15) is 4.57 Å². The minimum atomic E-state index is -0.584. The van der Waals surface area contributed by atoms with Crippen LogP contribution in [0.15, 0.2) is 53.3 Å². The zero-order valence-corrected chi connectivity index (χ0v) is 15.4. The van der Waals surface area contributed by atoms with E-state index in [-0.39, 0.29) is 0 Å². The summed E-state index contributed by atoms with van der Waals surface area (Å²) < 4.78 is 14.2. The Bertz CT molecular complexity index is 808. The molecule has 0 bridgehead atoms. The number of nitrogens with zero attached hydrogens (tertiary/aromatic N) is 1. The normalized spacial score (nSPS) is 14.7. The highest BCUT2D eigenvalue weighted by molar-refractivity contribution is 6.20. The highest BCUT2D eigenvalue weighted by Crippen LogP contribution is 2.26. The maximum atomic E-state index is 6.03. The monoisotopic (exact) mass is 323 g/mol. The molecule has 1 aliphatic rings. The van der Waals surface area contributed by atoms with E-state index in [1.807, 2.05) is 12.1 Å². The topological polar surface area (TPSA) is 22.3 Å². The van der Waals surface area contributed by atoms with Gasteiger partial charge in [0, 0.05) is 13.0 Å². The van der Waals surface area contributed by atoms with Crippen molar-refractivity contribution in [1.29, 1.82) is 0 Å². The van der Waals surface area contributed by atoms with E-state index < -0.39 is 15.9 Å². The Labute approximate surface area is 144 Å².